The highest BCUT2D eigenvalue weighted by atomic mass is 79.9. The van der Waals surface area contributed by atoms with E-state index in [-0.39, 0.29) is 12.2 Å². The highest BCUT2D eigenvalue weighted by molar-refractivity contribution is 9.10. The number of hydrogen-bond acceptors (Lipinski definition) is 2. The van der Waals surface area contributed by atoms with Gasteiger partial charge in [0, 0.05) is 17.1 Å². The van der Waals surface area contributed by atoms with Crippen molar-refractivity contribution in [1.29, 1.82) is 0 Å². The zero-order chi connectivity index (χ0) is 17.0. The first-order valence-electron chi connectivity index (χ1n) is 6.97. The van der Waals surface area contributed by atoms with E-state index in [1.54, 1.807) is 12.1 Å². The first-order valence-corrected chi connectivity index (χ1v) is 7.76. The normalized spacial score (nSPS) is 10.3. The van der Waals surface area contributed by atoms with Gasteiger partial charge in [0.1, 0.15) is 12.4 Å². The summed E-state index contributed by atoms with van der Waals surface area (Å²) in [5, 5.41) is 2.71. The fourth-order valence-electron chi connectivity index (χ4n) is 2.10. The van der Waals surface area contributed by atoms with Crippen molar-refractivity contribution < 1.29 is 14.0 Å². The summed E-state index contributed by atoms with van der Waals surface area (Å²) in [7, 11) is 0. The lowest BCUT2D eigenvalue weighted by Crippen LogP contribution is -2.37. The third-order valence-corrected chi connectivity index (χ3v) is 4.16. The summed E-state index contributed by atoms with van der Waals surface area (Å²) in [6, 6.07) is 11.2. The van der Waals surface area contributed by atoms with E-state index < -0.39 is 17.6 Å². The maximum atomic E-state index is 13.8. The second-order valence-corrected chi connectivity index (χ2v) is 5.92. The monoisotopic (exact) mass is 378 g/mol. The average molecular weight is 379 g/mol. The predicted octanol–water partition coefficient (Wildman–Crippen LogP) is 3.89. The van der Waals surface area contributed by atoms with E-state index in [1.807, 2.05) is 19.1 Å². The summed E-state index contributed by atoms with van der Waals surface area (Å²) in [4.78, 5) is 25.0. The van der Waals surface area contributed by atoms with Crippen molar-refractivity contribution in [3.8, 4) is 0 Å². The van der Waals surface area contributed by atoms with Gasteiger partial charge >= 0.3 is 0 Å². The molecule has 0 heterocycles. The van der Waals surface area contributed by atoms with Gasteiger partial charge in [0.15, 0.2) is 0 Å². The number of rotatable bonds is 4. The van der Waals surface area contributed by atoms with E-state index in [2.05, 4.69) is 21.2 Å². The van der Waals surface area contributed by atoms with Crippen LogP contribution in [0.3, 0.4) is 0 Å². The molecule has 0 aliphatic rings. The minimum Gasteiger partial charge on any atom is -0.325 e. The van der Waals surface area contributed by atoms with Gasteiger partial charge in [-0.2, -0.15) is 0 Å². The van der Waals surface area contributed by atoms with E-state index in [4.69, 9.17) is 0 Å². The van der Waals surface area contributed by atoms with Crippen LogP contribution in [0, 0.1) is 12.7 Å². The van der Waals surface area contributed by atoms with E-state index in [1.165, 1.54) is 25.1 Å². The van der Waals surface area contributed by atoms with Crippen molar-refractivity contribution in [1.82, 2.24) is 0 Å². The van der Waals surface area contributed by atoms with Crippen LogP contribution < -0.4 is 10.2 Å². The Hall–Kier alpha value is -2.21. The standard InChI is InChI=1S/C17H16BrFN2O2/c1-11-9-13(7-8-14(11)18)20-17(23)10-21(12(2)22)16-6-4-3-5-15(16)19/h3-9H,10H2,1-2H3,(H,20,23). The maximum absolute atomic E-state index is 13.8. The topological polar surface area (TPSA) is 49.4 Å². The lowest BCUT2D eigenvalue weighted by Gasteiger charge is -2.21. The maximum Gasteiger partial charge on any atom is 0.244 e. The highest BCUT2D eigenvalue weighted by Crippen LogP contribution is 2.21. The summed E-state index contributed by atoms with van der Waals surface area (Å²) in [6.45, 7) is 2.94. The summed E-state index contributed by atoms with van der Waals surface area (Å²) in [6.07, 6.45) is 0. The van der Waals surface area contributed by atoms with Gasteiger partial charge in [-0.1, -0.05) is 28.1 Å². The van der Waals surface area contributed by atoms with Crippen molar-refractivity contribution in [3.05, 3.63) is 58.3 Å². The molecule has 0 aromatic heterocycles. The molecular formula is C17H16BrFN2O2. The number of nitrogens with zero attached hydrogens (tertiary/aromatic N) is 1. The van der Waals surface area contributed by atoms with Crippen LogP contribution >= 0.6 is 15.9 Å². The summed E-state index contributed by atoms with van der Waals surface area (Å²) in [5.74, 6) is -1.35. The Kier molecular flexibility index (Phi) is 5.50. The van der Waals surface area contributed by atoms with Gasteiger partial charge in [-0.05, 0) is 42.8 Å². The third kappa shape index (κ3) is 4.39. The number of benzene rings is 2. The molecule has 2 rings (SSSR count). The van der Waals surface area contributed by atoms with Gasteiger partial charge in [0.25, 0.3) is 0 Å². The number of aryl methyl sites for hydroxylation is 1. The quantitative estimate of drug-likeness (QED) is 0.877. The Labute approximate surface area is 142 Å². The molecular weight excluding hydrogens is 363 g/mol. The first-order chi connectivity index (χ1) is 10.9. The van der Waals surface area contributed by atoms with Crippen LogP contribution in [0.1, 0.15) is 12.5 Å². The molecule has 2 aromatic rings. The van der Waals surface area contributed by atoms with Gasteiger partial charge in [0.2, 0.25) is 11.8 Å². The van der Waals surface area contributed by atoms with Crippen molar-refractivity contribution in [2.24, 2.45) is 0 Å². The molecule has 0 aliphatic heterocycles. The zero-order valence-electron chi connectivity index (χ0n) is 12.8. The Bertz CT molecular complexity index is 749. The molecule has 0 saturated heterocycles. The van der Waals surface area contributed by atoms with E-state index in [9.17, 15) is 14.0 Å². The van der Waals surface area contributed by atoms with Crippen LogP contribution in [0.25, 0.3) is 0 Å². The van der Waals surface area contributed by atoms with Gasteiger partial charge in [-0.3, -0.25) is 9.59 Å². The van der Waals surface area contributed by atoms with E-state index in [0.29, 0.717) is 5.69 Å². The summed E-state index contributed by atoms with van der Waals surface area (Å²) < 4.78 is 14.8. The fourth-order valence-corrected chi connectivity index (χ4v) is 2.35. The average Bonchev–Trinajstić information content (AvgIpc) is 2.49. The molecule has 0 saturated carbocycles. The Balaban J connectivity index is 2.14. The number of carbonyl (C=O) groups excluding carboxylic acids is 2. The van der Waals surface area contributed by atoms with Crippen LogP contribution in [0.15, 0.2) is 46.9 Å². The Morgan fingerprint density at radius 2 is 1.91 bits per heavy atom. The summed E-state index contributed by atoms with van der Waals surface area (Å²) >= 11 is 3.39. The number of halogens is 2. The summed E-state index contributed by atoms with van der Waals surface area (Å²) in [5.41, 5.74) is 1.68. The number of para-hydroxylation sites is 1. The van der Waals surface area contributed by atoms with Crippen LogP contribution in [0.4, 0.5) is 15.8 Å². The molecule has 0 aliphatic carbocycles. The molecule has 2 amide bonds. The van der Waals surface area contributed by atoms with E-state index in [0.717, 1.165) is 14.9 Å². The number of anilines is 2. The second-order valence-electron chi connectivity index (χ2n) is 5.07. The molecule has 4 nitrogen and oxygen atoms in total. The molecule has 0 atom stereocenters. The lowest BCUT2D eigenvalue weighted by atomic mass is 10.2. The molecule has 2 aromatic carbocycles. The molecule has 1 N–H and O–H groups in total. The molecule has 0 fully saturated rings. The largest absolute Gasteiger partial charge is 0.325 e. The predicted molar refractivity (Wildman–Crippen MR) is 91.9 cm³/mol. The van der Waals surface area contributed by atoms with Crippen LogP contribution in [-0.2, 0) is 9.59 Å². The number of carbonyl (C=O) groups is 2. The van der Waals surface area contributed by atoms with Gasteiger partial charge < -0.3 is 10.2 Å². The smallest absolute Gasteiger partial charge is 0.244 e. The number of nitrogens with one attached hydrogen (secondary N) is 1. The van der Waals surface area contributed by atoms with Gasteiger partial charge in [0.05, 0.1) is 5.69 Å². The van der Waals surface area contributed by atoms with Gasteiger partial charge in [-0.15, -0.1) is 0 Å². The molecule has 0 radical (unpaired) electrons. The SMILES string of the molecule is CC(=O)N(CC(=O)Nc1ccc(Br)c(C)c1)c1ccccc1F. The van der Waals surface area contributed by atoms with Crippen molar-refractivity contribution >= 4 is 39.1 Å². The van der Waals surface area contributed by atoms with Crippen molar-refractivity contribution in [2.45, 2.75) is 13.8 Å². The fraction of sp³-hybridized carbons (Fsp3) is 0.176. The minimum atomic E-state index is -0.546. The number of hydrogen-bond donors (Lipinski definition) is 1. The molecule has 120 valence electrons. The first kappa shape index (κ1) is 17.1. The van der Waals surface area contributed by atoms with Crippen molar-refractivity contribution in [3.63, 3.8) is 0 Å². The Morgan fingerprint density at radius 3 is 2.52 bits per heavy atom. The second kappa shape index (κ2) is 7.37. The molecule has 0 spiro atoms. The zero-order valence-corrected chi connectivity index (χ0v) is 14.4. The number of amides is 2. The minimum absolute atomic E-state index is 0.0853. The van der Waals surface area contributed by atoms with Crippen molar-refractivity contribution in [2.75, 3.05) is 16.8 Å². The van der Waals surface area contributed by atoms with E-state index >= 15 is 0 Å². The van der Waals surface area contributed by atoms with Gasteiger partial charge in [-0.25, -0.2) is 4.39 Å². The highest BCUT2D eigenvalue weighted by Gasteiger charge is 2.18. The molecule has 0 unspecified atom stereocenters. The van der Waals surface area contributed by atoms with Crippen LogP contribution in [-0.4, -0.2) is 18.4 Å². The molecule has 6 heteroatoms. The lowest BCUT2D eigenvalue weighted by molar-refractivity contribution is -0.120. The third-order valence-electron chi connectivity index (χ3n) is 3.27. The molecule has 23 heavy (non-hydrogen) atoms. The Morgan fingerprint density at radius 1 is 1.22 bits per heavy atom. The van der Waals surface area contributed by atoms with Crippen LogP contribution in [0.5, 0.6) is 0 Å². The molecule has 0 bridgehead atoms. The van der Waals surface area contributed by atoms with Crippen LogP contribution in [0.2, 0.25) is 0 Å².